The van der Waals surface area contributed by atoms with Crippen LogP contribution in [0.3, 0.4) is 0 Å². The Morgan fingerprint density at radius 2 is 1.94 bits per heavy atom. The van der Waals surface area contributed by atoms with E-state index in [4.69, 9.17) is 0 Å². The molecule has 0 amide bonds. The monoisotopic (exact) mass is 212 g/mol. The van der Waals surface area contributed by atoms with Crippen LogP contribution in [0, 0.1) is 5.82 Å². The molecule has 0 fully saturated rings. The highest BCUT2D eigenvalue weighted by atomic mass is 19.1. The Balaban J connectivity index is 2.19. The molecule has 0 aliphatic rings. The van der Waals surface area contributed by atoms with Crippen molar-refractivity contribution in [1.29, 1.82) is 0 Å². The zero-order chi connectivity index (χ0) is 11.0. The molecule has 0 spiro atoms. The van der Waals surface area contributed by atoms with Gasteiger partial charge in [-0.2, -0.15) is 5.10 Å². The van der Waals surface area contributed by atoms with Crippen molar-refractivity contribution in [3.8, 4) is 11.3 Å². The number of nitrogens with zero attached hydrogens (tertiary/aromatic N) is 2. The van der Waals surface area contributed by atoms with Crippen molar-refractivity contribution < 1.29 is 4.39 Å². The minimum Gasteiger partial charge on any atom is -0.240 e. The lowest BCUT2D eigenvalue weighted by molar-refractivity contribution is 0.628. The first-order valence-corrected chi connectivity index (χ1v) is 5.03. The van der Waals surface area contributed by atoms with Crippen molar-refractivity contribution in [2.24, 2.45) is 0 Å². The standard InChI is InChI=1S/C13H9FN2/c14-11-5-3-4-10(8-11)13-9-12-6-1-2-7-16(12)15-13/h1-9H. The van der Waals surface area contributed by atoms with Gasteiger partial charge in [0, 0.05) is 11.8 Å². The largest absolute Gasteiger partial charge is 0.240 e. The number of hydrogen-bond acceptors (Lipinski definition) is 1. The van der Waals surface area contributed by atoms with Crippen molar-refractivity contribution in [2.45, 2.75) is 0 Å². The molecule has 0 aliphatic heterocycles. The van der Waals surface area contributed by atoms with E-state index in [1.54, 1.807) is 10.6 Å². The van der Waals surface area contributed by atoms with Crippen molar-refractivity contribution in [3.05, 3.63) is 60.5 Å². The molecular formula is C13H9FN2. The summed E-state index contributed by atoms with van der Waals surface area (Å²) in [6, 6.07) is 14.2. The van der Waals surface area contributed by atoms with Gasteiger partial charge in [0.2, 0.25) is 0 Å². The number of benzene rings is 1. The lowest BCUT2D eigenvalue weighted by atomic mass is 10.1. The van der Waals surface area contributed by atoms with Crippen LogP contribution in [0.2, 0.25) is 0 Å². The quantitative estimate of drug-likeness (QED) is 0.605. The van der Waals surface area contributed by atoms with E-state index in [0.29, 0.717) is 0 Å². The predicted molar refractivity (Wildman–Crippen MR) is 60.6 cm³/mol. The molecule has 0 N–H and O–H groups in total. The molecule has 1 aromatic carbocycles. The Morgan fingerprint density at radius 3 is 2.75 bits per heavy atom. The topological polar surface area (TPSA) is 17.3 Å². The minimum absolute atomic E-state index is 0.241. The molecule has 3 rings (SSSR count). The highest BCUT2D eigenvalue weighted by Gasteiger charge is 2.04. The van der Waals surface area contributed by atoms with E-state index in [9.17, 15) is 4.39 Å². The van der Waals surface area contributed by atoms with Crippen LogP contribution in [0.15, 0.2) is 54.7 Å². The molecule has 0 unspecified atom stereocenters. The maximum absolute atomic E-state index is 13.1. The average Bonchev–Trinajstić information content (AvgIpc) is 2.72. The Bertz CT molecular complexity index is 610. The third-order valence-corrected chi connectivity index (χ3v) is 2.49. The van der Waals surface area contributed by atoms with E-state index in [2.05, 4.69) is 5.10 Å². The molecule has 2 heterocycles. The molecule has 0 aliphatic carbocycles. The molecule has 0 bridgehead atoms. The summed E-state index contributed by atoms with van der Waals surface area (Å²) in [7, 11) is 0. The van der Waals surface area contributed by atoms with Gasteiger partial charge in [-0.25, -0.2) is 8.91 Å². The van der Waals surface area contributed by atoms with Gasteiger partial charge in [-0.15, -0.1) is 0 Å². The van der Waals surface area contributed by atoms with E-state index >= 15 is 0 Å². The second-order valence-corrected chi connectivity index (χ2v) is 3.61. The third-order valence-electron chi connectivity index (χ3n) is 2.49. The lowest BCUT2D eigenvalue weighted by Crippen LogP contribution is -1.85. The fourth-order valence-corrected chi connectivity index (χ4v) is 1.73. The smallest absolute Gasteiger partial charge is 0.123 e. The summed E-state index contributed by atoms with van der Waals surface area (Å²) in [4.78, 5) is 0. The van der Waals surface area contributed by atoms with Crippen LogP contribution in [-0.2, 0) is 0 Å². The van der Waals surface area contributed by atoms with Gasteiger partial charge in [0.1, 0.15) is 5.82 Å². The van der Waals surface area contributed by atoms with E-state index in [1.165, 1.54) is 12.1 Å². The zero-order valence-electron chi connectivity index (χ0n) is 8.47. The van der Waals surface area contributed by atoms with Crippen LogP contribution in [0.1, 0.15) is 0 Å². The summed E-state index contributed by atoms with van der Waals surface area (Å²) in [5.74, 6) is -0.241. The minimum atomic E-state index is -0.241. The van der Waals surface area contributed by atoms with Gasteiger partial charge in [0.25, 0.3) is 0 Å². The van der Waals surface area contributed by atoms with Crippen LogP contribution < -0.4 is 0 Å². The molecule has 78 valence electrons. The molecule has 3 aromatic rings. The number of rotatable bonds is 1. The van der Waals surface area contributed by atoms with Crippen LogP contribution in [-0.4, -0.2) is 9.61 Å². The summed E-state index contributed by atoms with van der Waals surface area (Å²) >= 11 is 0. The molecular weight excluding hydrogens is 203 g/mol. The van der Waals surface area contributed by atoms with Gasteiger partial charge in [-0.1, -0.05) is 18.2 Å². The van der Waals surface area contributed by atoms with Gasteiger partial charge >= 0.3 is 0 Å². The first-order valence-electron chi connectivity index (χ1n) is 5.03. The molecule has 0 saturated heterocycles. The van der Waals surface area contributed by atoms with Crippen molar-refractivity contribution in [2.75, 3.05) is 0 Å². The van der Waals surface area contributed by atoms with Gasteiger partial charge < -0.3 is 0 Å². The first kappa shape index (κ1) is 9.09. The SMILES string of the molecule is Fc1cccc(-c2cc3ccccn3n2)c1. The summed E-state index contributed by atoms with van der Waals surface area (Å²) < 4.78 is 14.9. The third kappa shape index (κ3) is 1.46. The highest BCUT2D eigenvalue weighted by molar-refractivity contribution is 5.65. The summed E-state index contributed by atoms with van der Waals surface area (Å²) in [5.41, 5.74) is 2.58. The Hall–Kier alpha value is -2.16. The highest BCUT2D eigenvalue weighted by Crippen LogP contribution is 2.20. The molecule has 16 heavy (non-hydrogen) atoms. The molecule has 2 nitrogen and oxygen atoms in total. The molecule has 0 atom stereocenters. The van der Waals surface area contributed by atoms with Gasteiger partial charge in [0.15, 0.2) is 0 Å². The zero-order valence-corrected chi connectivity index (χ0v) is 8.47. The summed E-state index contributed by atoms with van der Waals surface area (Å²) in [6.07, 6.45) is 1.87. The van der Waals surface area contributed by atoms with Gasteiger partial charge in [-0.05, 0) is 30.3 Å². The fourth-order valence-electron chi connectivity index (χ4n) is 1.73. The van der Waals surface area contributed by atoms with E-state index in [-0.39, 0.29) is 5.82 Å². The lowest BCUT2D eigenvalue weighted by Gasteiger charge is -1.94. The van der Waals surface area contributed by atoms with E-state index in [1.807, 2.05) is 36.5 Å². The first-order chi connectivity index (χ1) is 7.83. The maximum Gasteiger partial charge on any atom is 0.123 e. The Morgan fingerprint density at radius 1 is 1.00 bits per heavy atom. The Kier molecular flexibility index (Phi) is 1.96. The van der Waals surface area contributed by atoms with E-state index < -0.39 is 0 Å². The Labute approximate surface area is 92.0 Å². The van der Waals surface area contributed by atoms with Gasteiger partial charge in [0.05, 0.1) is 11.2 Å². The van der Waals surface area contributed by atoms with Crippen LogP contribution >= 0.6 is 0 Å². The second-order valence-electron chi connectivity index (χ2n) is 3.61. The van der Waals surface area contributed by atoms with Crippen molar-refractivity contribution in [3.63, 3.8) is 0 Å². The molecule has 0 radical (unpaired) electrons. The van der Waals surface area contributed by atoms with E-state index in [0.717, 1.165) is 16.8 Å². The van der Waals surface area contributed by atoms with Crippen LogP contribution in [0.5, 0.6) is 0 Å². The summed E-state index contributed by atoms with van der Waals surface area (Å²) in [5, 5.41) is 4.37. The van der Waals surface area contributed by atoms with Gasteiger partial charge in [-0.3, -0.25) is 0 Å². The van der Waals surface area contributed by atoms with Crippen molar-refractivity contribution >= 4 is 5.52 Å². The fraction of sp³-hybridized carbons (Fsp3) is 0. The predicted octanol–water partition coefficient (Wildman–Crippen LogP) is 3.14. The maximum atomic E-state index is 13.1. The van der Waals surface area contributed by atoms with Crippen molar-refractivity contribution in [1.82, 2.24) is 9.61 Å². The number of halogens is 1. The van der Waals surface area contributed by atoms with Crippen LogP contribution in [0.4, 0.5) is 4.39 Å². The molecule has 2 aromatic heterocycles. The second kappa shape index (κ2) is 3.45. The summed E-state index contributed by atoms with van der Waals surface area (Å²) in [6.45, 7) is 0. The molecule has 0 saturated carbocycles. The van der Waals surface area contributed by atoms with Crippen LogP contribution in [0.25, 0.3) is 16.8 Å². The normalized spacial score (nSPS) is 10.8. The number of fused-ring (bicyclic) bond motifs is 1. The number of aromatic nitrogens is 2. The molecule has 3 heteroatoms. The number of hydrogen-bond donors (Lipinski definition) is 0. The number of pyridine rings is 1. The average molecular weight is 212 g/mol.